The van der Waals surface area contributed by atoms with Crippen LogP contribution in [0.4, 0.5) is 0 Å². The maximum Gasteiger partial charge on any atom is 0.331 e. The number of esters is 1. The number of Topliss-reactive ketones (excluding diaryl/α,β-unsaturated/α-hetero) is 1. The highest BCUT2D eigenvalue weighted by atomic mass is 16.5. The Morgan fingerprint density at radius 2 is 1.67 bits per heavy atom. The van der Waals surface area contributed by atoms with E-state index in [1.165, 1.54) is 42.5 Å². The van der Waals surface area contributed by atoms with Crippen molar-refractivity contribution in [3.63, 3.8) is 0 Å². The van der Waals surface area contributed by atoms with Crippen LogP contribution in [0.5, 0.6) is 17.2 Å². The zero-order valence-corrected chi connectivity index (χ0v) is 12.7. The lowest BCUT2D eigenvalue weighted by Crippen LogP contribution is -2.14. The third-order valence-electron chi connectivity index (χ3n) is 3.12. The van der Waals surface area contributed by atoms with E-state index in [1.807, 2.05) is 0 Å². The summed E-state index contributed by atoms with van der Waals surface area (Å²) in [5.74, 6) is -1.46. The summed E-state index contributed by atoms with van der Waals surface area (Å²) >= 11 is 0. The van der Waals surface area contributed by atoms with Crippen molar-refractivity contribution in [3.8, 4) is 17.2 Å². The monoisotopic (exact) mass is 328 g/mol. The molecule has 2 aromatic carbocycles. The number of phenolic OH excluding ortho intramolecular Hbond substituents is 3. The van der Waals surface area contributed by atoms with Crippen LogP contribution in [0.15, 0.2) is 48.5 Å². The third-order valence-corrected chi connectivity index (χ3v) is 3.12. The van der Waals surface area contributed by atoms with Crippen LogP contribution in [0.1, 0.15) is 11.1 Å². The van der Waals surface area contributed by atoms with Gasteiger partial charge in [0.2, 0.25) is 0 Å². The maximum atomic E-state index is 11.8. The van der Waals surface area contributed by atoms with Crippen molar-refractivity contribution in [1.29, 1.82) is 0 Å². The molecule has 0 aliphatic carbocycles. The minimum Gasteiger partial charge on any atom is -0.508 e. The van der Waals surface area contributed by atoms with E-state index in [9.17, 15) is 19.8 Å². The lowest BCUT2D eigenvalue weighted by atomic mass is 10.1. The average Bonchev–Trinajstić information content (AvgIpc) is 2.56. The molecular weight excluding hydrogens is 312 g/mol. The first-order valence-electron chi connectivity index (χ1n) is 7.10. The van der Waals surface area contributed by atoms with E-state index < -0.39 is 5.97 Å². The molecule has 0 aromatic heterocycles. The molecule has 6 nitrogen and oxygen atoms in total. The second-order valence-corrected chi connectivity index (χ2v) is 5.07. The van der Waals surface area contributed by atoms with Crippen LogP contribution in [0.25, 0.3) is 6.08 Å². The number of hydrogen-bond donors (Lipinski definition) is 3. The van der Waals surface area contributed by atoms with E-state index in [-0.39, 0.29) is 36.1 Å². The second-order valence-electron chi connectivity index (χ2n) is 5.07. The van der Waals surface area contributed by atoms with Crippen molar-refractivity contribution in [2.45, 2.75) is 6.42 Å². The molecule has 0 atom stereocenters. The van der Waals surface area contributed by atoms with Gasteiger partial charge in [-0.3, -0.25) is 4.79 Å². The molecule has 0 fully saturated rings. The normalized spacial score (nSPS) is 10.7. The molecule has 124 valence electrons. The standard InChI is InChI=1S/C18H16O6/c19-14-5-1-12(2-6-14)4-8-18(23)24-11-15(20)9-13-3-7-16(21)17(22)10-13/h1-8,10,19,21-22H,9,11H2/b8-4+. The number of aromatic hydroxyl groups is 3. The molecule has 0 saturated heterocycles. The van der Waals surface area contributed by atoms with Crippen LogP contribution in [0.3, 0.4) is 0 Å². The summed E-state index contributed by atoms with van der Waals surface area (Å²) in [6.45, 7) is -0.389. The van der Waals surface area contributed by atoms with Crippen molar-refractivity contribution in [2.75, 3.05) is 6.61 Å². The topological polar surface area (TPSA) is 104 Å². The first-order valence-corrected chi connectivity index (χ1v) is 7.10. The van der Waals surface area contributed by atoms with Gasteiger partial charge in [0.15, 0.2) is 23.9 Å². The highest BCUT2D eigenvalue weighted by Crippen LogP contribution is 2.25. The molecule has 0 spiro atoms. The van der Waals surface area contributed by atoms with Crippen LogP contribution in [0, 0.1) is 0 Å². The predicted molar refractivity (Wildman–Crippen MR) is 86.6 cm³/mol. The molecule has 0 bridgehead atoms. The fourth-order valence-corrected chi connectivity index (χ4v) is 1.91. The molecule has 0 heterocycles. The SMILES string of the molecule is O=C(COC(=O)/C=C/c1ccc(O)cc1)Cc1ccc(O)c(O)c1. The number of rotatable bonds is 6. The highest BCUT2D eigenvalue weighted by Gasteiger charge is 2.08. The van der Waals surface area contributed by atoms with Gasteiger partial charge in [-0.1, -0.05) is 18.2 Å². The smallest absolute Gasteiger partial charge is 0.331 e. The summed E-state index contributed by atoms with van der Waals surface area (Å²) in [6, 6.07) is 10.3. The summed E-state index contributed by atoms with van der Waals surface area (Å²) < 4.78 is 4.84. The molecule has 0 aliphatic rings. The van der Waals surface area contributed by atoms with Crippen LogP contribution in [0.2, 0.25) is 0 Å². The van der Waals surface area contributed by atoms with Crippen LogP contribution >= 0.6 is 0 Å². The Bertz CT molecular complexity index is 762. The number of benzene rings is 2. The van der Waals surface area contributed by atoms with Gasteiger partial charge < -0.3 is 20.1 Å². The number of ketones is 1. The van der Waals surface area contributed by atoms with Gasteiger partial charge in [-0.05, 0) is 41.5 Å². The minimum atomic E-state index is -0.662. The average molecular weight is 328 g/mol. The summed E-state index contributed by atoms with van der Waals surface area (Å²) in [6.07, 6.45) is 2.67. The summed E-state index contributed by atoms with van der Waals surface area (Å²) in [5.41, 5.74) is 1.21. The van der Waals surface area contributed by atoms with Gasteiger partial charge in [0.25, 0.3) is 0 Å². The van der Waals surface area contributed by atoms with Crippen molar-refractivity contribution in [3.05, 3.63) is 59.7 Å². The number of phenols is 3. The van der Waals surface area contributed by atoms with Crippen molar-refractivity contribution in [2.24, 2.45) is 0 Å². The molecule has 6 heteroatoms. The largest absolute Gasteiger partial charge is 0.508 e. The van der Waals surface area contributed by atoms with Gasteiger partial charge in [0, 0.05) is 12.5 Å². The Kier molecular flexibility index (Phi) is 5.57. The Balaban J connectivity index is 1.81. The van der Waals surface area contributed by atoms with Gasteiger partial charge in [-0.25, -0.2) is 4.79 Å². The van der Waals surface area contributed by atoms with Crippen molar-refractivity contribution >= 4 is 17.8 Å². The van der Waals surface area contributed by atoms with Crippen LogP contribution in [-0.2, 0) is 20.7 Å². The van der Waals surface area contributed by atoms with Crippen molar-refractivity contribution < 1.29 is 29.6 Å². The number of carbonyl (C=O) groups is 2. The maximum absolute atomic E-state index is 11.8. The molecule has 2 aromatic rings. The third kappa shape index (κ3) is 5.17. The van der Waals surface area contributed by atoms with Gasteiger partial charge in [-0.15, -0.1) is 0 Å². The van der Waals surface area contributed by atoms with E-state index in [4.69, 9.17) is 9.84 Å². The molecule has 3 N–H and O–H groups in total. The fourth-order valence-electron chi connectivity index (χ4n) is 1.91. The number of hydrogen-bond acceptors (Lipinski definition) is 6. The molecule has 0 aliphatic heterocycles. The minimum absolute atomic E-state index is 0.0250. The van der Waals surface area contributed by atoms with E-state index in [1.54, 1.807) is 12.1 Å². The van der Waals surface area contributed by atoms with Gasteiger partial charge in [-0.2, -0.15) is 0 Å². The Labute approximate surface area is 138 Å². The zero-order chi connectivity index (χ0) is 17.5. The number of ether oxygens (including phenoxy) is 1. The highest BCUT2D eigenvalue weighted by molar-refractivity contribution is 5.90. The molecule has 0 radical (unpaired) electrons. The molecule has 24 heavy (non-hydrogen) atoms. The van der Waals surface area contributed by atoms with Gasteiger partial charge in [0.05, 0.1) is 0 Å². The lowest BCUT2D eigenvalue weighted by molar-refractivity contribution is -0.142. The summed E-state index contributed by atoms with van der Waals surface area (Å²) in [7, 11) is 0. The summed E-state index contributed by atoms with van der Waals surface area (Å²) in [5, 5.41) is 27.7. The van der Waals surface area contributed by atoms with E-state index in [0.29, 0.717) is 11.1 Å². The van der Waals surface area contributed by atoms with E-state index in [2.05, 4.69) is 0 Å². The van der Waals surface area contributed by atoms with Crippen LogP contribution < -0.4 is 0 Å². The quantitative estimate of drug-likeness (QED) is 0.426. The fraction of sp³-hybridized carbons (Fsp3) is 0.111. The van der Waals surface area contributed by atoms with Crippen LogP contribution in [-0.4, -0.2) is 33.7 Å². The first-order chi connectivity index (χ1) is 11.4. The van der Waals surface area contributed by atoms with Gasteiger partial charge >= 0.3 is 5.97 Å². The molecule has 0 saturated carbocycles. The summed E-state index contributed by atoms with van der Waals surface area (Å²) in [4.78, 5) is 23.3. The predicted octanol–water partition coefficient (Wildman–Crippen LogP) is 2.17. The zero-order valence-electron chi connectivity index (χ0n) is 12.7. The Morgan fingerprint density at radius 3 is 2.33 bits per heavy atom. The van der Waals surface area contributed by atoms with Crippen molar-refractivity contribution in [1.82, 2.24) is 0 Å². The number of carbonyl (C=O) groups excluding carboxylic acids is 2. The molecule has 0 unspecified atom stereocenters. The second kappa shape index (κ2) is 7.82. The van der Waals surface area contributed by atoms with E-state index >= 15 is 0 Å². The van der Waals surface area contributed by atoms with Gasteiger partial charge in [0.1, 0.15) is 5.75 Å². The Morgan fingerprint density at radius 1 is 0.958 bits per heavy atom. The van der Waals surface area contributed by atoms with E-state index in [0.717, 1.165) is 0 Å². The lowest BCUT2D eigenvalue weighted by Gasteiger charge is -2.04. The first kappa shape index (κ1) is 17.1. The molecular formula is C18H16O6. The Hall–Kier alpha value is -3.28. The molecule has 2 rings (SSSR count). The molecule has 0 amide bonds.